The Labute approximate surface area is 120 Å². The topological polar surface area (TPSA) is 89.3 Å². The van der Waals surface area contributed by atoms with Crippen LogP contribution in [0.5, 0.6) is 0 Å². The summed E-state index contributed by atoms with van der Waals surface area (Å²) in [5.74, 6) is -1.05. The number of hydrogen-bond acceptors (Lipinski definition) is 5. The van der Waals surface area contributed by atoms with Crippen LogP contribution in [0.25, 0.3) is 11.0 Å². The Morgan fingerprint density at radius 1 is 1.40 bits per heavy atom. The van der Waals surface area contributed by atoms with Gasteiger partial charge >= 0.3 is 5.97 Å². The quantitative estimate of drug-likeness (QED) is 0.807. The Hall–Kier alpha value is -1.54. The number of fused-ring (bicyclic) bond motifs is 1. The van der Waals surface area contributed by atoms with Gasteiger partial charge in [0.2, 0.25) is 0 Å². The molecule has 0 aliphatic rings. The van der Waals surface area contributed by atoms with Crippen molar-refractivity contribution in [2.75, 3.05) is 17.8 Å². The lowest BCUT2D eigenvalue weighted by Crippen LogP contribution is -2.12. The lowest BCUT2D eigenvalue weighted by molar-refractivity contribution is -0.133. The summed E-state index contributed by atoms with van der Waals surface area (Å²) in [7, 11) is -3.09. The average Bonchev–Trinajstić information content (AvgIpc) is 2.70. The molecule has 1 aromatic heterocycles. The van der Waals surface area contributed by atoms with Crippen LogP contribution in [0, 0.1) is 0 Å². The number of thioether (sulfide) groups is 1. The molecule has 1 aromatic carbocycles. The molecule has 0 aliphatic heterocycles. The third kappa shape index (κ3) is 3.73. The first-order valence-corrected chi connectivity index (χ1v) is 8.89. The van der Waals surface area contributed by atoms with Crippen molar-refractivity contribution in [1.29, 1.82) is 0 Å². The van der Waals surface area contributed by atoms with Gasteiger partial charge in [-0.1, -0.05) is 23.9 Å². The Bertz CT molecular complexity index is 737. The molecule has 20 heavy (non-hydrogen) atoms. The van der Waals surface area contributed by atoms with Gasteiger partial charge in [0.1, 0.15) is 9.84 Å². The number of aromatic nitrogens is 2. The van der Waals surface area contributed by atoms with Crippen molar-refractivity contribution < 1.29 is 18.3 Å². The number of carbonyl (C=O) groups is 1. The standard InChI is InChI=1S/C12H14N2O4S2/c1-20(17,18)7-6-14-10-5-3-2-4-9(10)13-12(14)19-8-11(15)16/h2-5H,6-8H2,1H3,(H,15,16). The van der Waals surface area contributed by atoms with Crippen LogP contribution in [0.2, 0.25) is 0 Å². The molecule has 0 atom stereocenters. The molecule has 6 nitrogen and oxygen atoms in total. The van der Waals surface area contributed by atoms with Crippen LogP contribution in [0.1, 0.15) is 0 Å². The molecule has 0 radical (unpaired) electrons. The zero-order valence-corrected chi connectivity index (χ0v) is 12.4. The van der Waals surface area contributed by atoms with Gasteiger partial charge in [-0.15, -0.1) is 0 Å². The summed E-state index contributed by atoms with van der Waals surface area (Å²) < 4.78 is 24.4. The third-order valence-corrected chi connectivity index (χ3v) is 4.52. The van der Waals surface area contributed by atoms with E-state index in [-0.39, 0.29) is 18.1 Å². The summed E-state index contributed by atoms with van der Waals surface area (Å²) in [5.41, 5.74) is 1.54. The first-order valence-electron chi connectivity index (χ1n) is 5.84. The van der Waals surface area contributed by atoms with Crippen molar-refractivity contribution in [3.05, 3.63) is 24.3 Å². The molecule has 8 heteroatoms. The number of hydrogen-bond donors (Lipinski definition) is 1. The number of para-hydroxylation sites is 2. The van der Waals surface area contributed by atoms with Crippen LogP contribution in [0.15, 0.2) is 29.4 Å². The number of aliphatic carboxylic acids is 1. The van der Waals surface area contributed by atoms with E-state index in [1.807, 2.05) is 24.3 Å². The number of carboxylic acid groups (broad SMARTS) is 1. The van der Waals surface area contributed by atoms with Crippen molar-refractivity contribution in [3.8, 4) is 0 Å². The van der Waals surface area contributed by atoms with E-state index in [0.29, 0.717) is 5.16 Å². The second-order valence-electron chi connectivity index (χ2n) is 4.35. The fourth-order valence-corrected chi connectivity index (χ4v) is 3.04. The van der Waals surface area contributed by atoms with Gasteiger partial charge in [0.15, 0.2) is 5.16 Å². The largest absolute Gasteiger partial charge is 0.481 e. The molecule has 0 bridgehead atoms. The molecule has 0 amide bonds. The molecule has 108 valence electrons. The van der Waals surface area contributed by atoms with Crippen LogP contribution >= 0.6 is 11.8 Å². The van der Waals surface area contributed by atoms with Gasteiger partial charge in [-0.05, 0) is 12.1 Å². The summed E-state index contributed by atoms with van der Waals surface area (Å²) in [5, 5.41) is 9.27. The Kier molecular flexibility index (Phi) is 4.34. The van der Waals surface area contributed by atoms with Crippen molar-refractivity contribution in [3.63, 3.8) is 0 Å². The average molecular weight is 314 g/mol. The van der Waals surface area contributed by atoms with Gasteiger partial charge in [0, 0.05) is 12.8 Å². The zero-order chi connectivity index (χ0) is 14.8. The molecule has 1 heterocycles. The lowest BCUT2D eigenvalue weighted by atomic mass is 10.3. The molecule has 0 saturated heterocycles. The maximum absolute atomic E-state index is 11.3. The van der Waals surface area contributed by atoms with Gasteiger partial charge in [-0.2, -0.15) is 0 Å². The van der Waals surface area contributed by atoms with E-state index in [0.717, 1.165) is 22.8 Å². The predicted octanol–water partition coefficient (Wildman–Crippen LogP) is 1.26. The van der Waals surface area contributed by atoms with Crippen molar-refractivity contribution >= 4 is 38.6 Å². The molecule has 0 saturated carbocycles. The second-order valence-corrected chi connectivity index (χ2v) is 7.55. The Morgan fingerprint density at radius 2 is 2.10 bits per heavy atom. The molecule has 1 N–H and O–H groups in total. The van der Waals surface area contributed by atoms with Crippen LogP contribution in [0.4, 0.5) is 0 Å². The van der Waals surface area contributed by atoms with E-state index >= 15 is 0 Å². The molecule has 2 rings (SSSR count). The number of sulfone groups is 1. The summed E-state index contributed by atoms with van der Waals surface area (Å²) in [6.45, 7) is 0.265. The van der Waals surface area contributed by atoms with E-state index in [9.17, 15) is 13.2 Å². The van der Waals surface area contributed by atoms with Crippen LogP contribution < -0.4 is 0 Å². The van der Waals surface area contributed by atoms with Gasteiger partial charge in [-0.3, -0.25) is 4.79 Å². The minimum absolute atomic E-state index is 0.00597. The normalized spacial score (nSPS) is 11.8. The van der Waals surface area contributed by atoms with Gasteiger partial charge in [0.25, 0.3) is 0 Å². The molecule has 0 spiro atoms. The van der Waals surface area contributed by atoms with Crippen molar-refractivity contribution in [1.82, 2.24) is 9.55 Å². The molecule has 0 fully saturated rings. The number of benzene rings is 1. The molecular weight excluding hydrogens is 300 g/mol. The Morgan fingerprint density at radius 3 is 2.75 bits per heavy atom. The number of carboxylic acids is 1. The summed E-state index contributed by atoms with van der Waals surface area (Å²) >= 11 is 1.09. The fraction of sp³-hybridized carbons (Fsp3) is 0.333. The summed E-state index contributed by atoms with van der Waals surface area (Å²) in [6, 6.07) is 7.33. The van der Waals surface area contributed by atoms with E-state index in [1.165, 1.54) is 6.26 Å². The number of aryl methyl sites for hydroxylation is 1. The highest BCUT2D eigenvalue weighted by atomic mass is 32.2. The molecule has 2 aromatic rings. The summed E-state index contributed by atoms with van der Waals surface area (Å²) in [4.78, 5) is 15.0. The fourth-order valence-electron chi connectivity index (χ4n) is 1.76. The van der Waals surface area contributed by atoms with Crippen molar-refractivity contribution in [2.24, 2.45) is 0 Å². The molecule has 0 aliphatic carbocycles. The highest BCUT2D eigenvalue weighted by molar-refractivity contribution is 7.99. The lowest BCUT2D eigenvalue weighted by Gasteiger charge is -2.07. The maximum atomic E-state index is 11.3. The predicted molar refractivity (Wildman–Crippen MR) is 77.8 cm³/mol. The molecule has 0 unspecified atom stereocenters. The first kappa shape index (κ1) is 14.9. The van der Waals surface area contributed by atoms with Gasteiger partial charge in [-0.25, -0.2) is 13.4 Å². The van der Waals surface area contributed by atoms with Crippen LogP contribution in [-0.4, -0.2) is 46.8 Å². The minimum atomic E-state index is -3.09. The van der Waals surface area contributed by atoms with E-state index in [1.54, 1.807) is 4.57 Å². The number of rotatable bonds is 6. The third-order valence-electron chi connectivity index (χ3n) is 2.63. The molecular formula is C12H14N2O4S2. The highest BCUT2D eigenvalue weighted by Gasteiger charge is 2.14. The first-order chi connectivity index (χ1) is 9.37. The van der Waals surface area contributed by atoms with Crippen LogP contribution in [0.3, 0.4) is 0 Å². The number of nitrogens with zero attached hydrogens (tertiary/aromatic N) is 2. The number of imidazole rings is 1. The second kappa shape index (κ2) is 5.84. The van der Waals surface area contributed by atoms with E-state index in [4.69, 9.17) is 5.11 Å². The minimum Gasteiger partial charge on any atom is -0.481 e. The van der Waals surface area contributed by atoms with Crippen molar-refractivity contribution in [2.45, 2.75) is 11.7 Å². The monoisotopic (exact) mass is 314 g/mol. The Balaban J connectivity index is 2.36. The van der Waals surface area contributed by atoms with Gasteiger partial charge in [0.05, 0.1) is 22.5 Å². The van der Waals surface area contributed by atoms with Crippen LogP contribution in [-0.2, 0) is 21.2 Å². The maximum Gasteiger partial charge on any atom is 0.313 e. The summed E-state index contributed by atoms with van der Waals surface area (Å²) in [6.07, 6.45) is 1.18. The van der Waals surface area contributed by atoms with E-state index < -0.39 is 15.8 Å². The highest BCUT2D eigenvalue weighted by Crippen LogP contribution is 2.24. The van der Waals surface area contributed by atoms with E-state index in [2.05, 4.69) is 4.98 Å². The SMILES string of the molecule is CS(=O)(=O)CCn1c(SCC(=O)O)nc2ccccc21. The van der Waals surface area contributed by atoms with Gasteiger partial charge < -0.3 is 9.67 Å². The zero-order valence-electron chi connectivity index (χ0n) is 10.8. The smallest absolute Gasteiger partial charge is 0.313 e.